The van der Waals surface area contributed by atoms with E-state index >= 15 is 0 Å². The SMILES string of the molecule is CCC(C)C([SiH3])=C(Cl)C(C)CC. The van der Waals surface area contributed by atoms with Gasteiger partial charge in [-0.15, -0.1) is 0 Å². The van der Waals surface area contributed by atoms with Crippen molar-refractivity contribution in [1.29, 1.82) is 0 Å². The molecule has 2 heteroatoms. The predicted octanol–water partition coefficient (Wildman–Crippen LogP) is 2.89. The van der Waals surface area contributed by atoms with E-state index in [0.29, 0.717) is 11.8 Å². The third-order valence-electron chi connectivity index (χ3n) is 2.77. The first-order valence-corrected chi connectivity index (χ1v) is 6.28. The van der Waals surface area contributed by atoms with Gasteiger partial charge >= 0.3 is 0 Å². The van der Waals surface area contributed by atoms with Crippen molar-refractivity contribution >= 4 is 21.8 Å². The topological polar surface area (TPSA) is 0 Å². The van der Waals surface area contributed by atoms with Gasteiger partial charge in [0.2, 0.25) is 0 Å². The van der Waals surface area contributed by atoms with Crippen LogP contribution >= 0.6 is 11.6 Å². The molecule has 0 aromatic heterocycles. The molecule has 12 heavy (non-hydrogen) atoms. The number of rotatable bonds is 4. The summed E-state index contributed by atoms with van der Waals surface area (Å²) < 4.78 is 0. The first kappa shape index (κ1) is 12.2. The normalized spacial score (nSPS) is 18.8. The summed E-state index contributed by atoms with van der Waals surface area (Å²) in [6.07, 6.45) is 2.37. The lowest BCUT2D eigenvalue weighted by atomic mass is 10.0. The quantitative estimate of drug-likeness (QED) is 0.618. The van der Waals surface area contributed by atoms with Crippen molar-refractivity contribution in [3.8, 4) is 0 Å². The highest BCUT2D eigenvalue weighted by molar-refractivity contribution is 6.36. The van der Waals surface area contributed by atoms with Gasteiger partial charge in [0.05, 0.1) is 0 Å². The van der Waals surface area contributed by atoms with E-state index in [9.17, 15) is 0 Å². The van der Waals surface area contributed by atoms with Crippen molar-refractivity contribution in [3.05, 3.63) is 10.2 Å². The maximum Gasteiger partial charge on any atom is 0.0351 e. The van der Waals surface area contributed by atoms with Crippen LogP contribution in [0, 0.1) is 11.8 Å². The molecule has 0 rings (SSSR count). The van der Waals surface area contributed by atoms with Gasteiger partial charge in [-0.25, -0.2) is 0 Å². The molecule has 0 heterocycles. The Morgan fingerprint density at radius 2 is 1.58 bits per heavy atom. The zero-order valence-corrected chi connectivity index (χ0v) is 11.7. The van der Waals surface area contributed by atoms with Gasteiger partial charge < -0.3 is 0 Å². The van der Waals surface area contributed by atoms with E-state index in [-0.39, 0.29) is 0 Å². The molecule has 2 unspecified atom stereocenters. The lowest BCUT2D eigenvalue weighted by Crippen LogP contribution is -2.04. The minimum atomic E-state index is 0.563. The van der Waals surface area contributed by atoms with Crippen LogP contribution in [0.4, 0.5) is 0 Å². The van der Waals surface area contributed by atoms with Crippen LogP contribution < -0.4 is 0 Å². The van der Waals surface area contributed by atoms with Crippen molar-refractivity contribution in [2.75, 3.05) is 0 Å². The van der Waals surface area contributed by atoms with Gasteiger partial charge in [0.15, 0.2) is 0 Å². The zero-order valence-electron chi connectivity index (χ0n) is 8.95. The molecule has 0 bridgehead atoms. The summed E-state index contributed by atoms with van der Waals surface area (Å²) >= 11 is 6.27. The summed E-state index contributed by atoms with van der Waals surface area (Å²) in [7, 11) is 1.12. The van der Waals surface area contributed by atoms with Gasteiger partial charge in [-0.2, -0.15) is 0 Å². The first-order chi connectivity index (χ1) is 5.54. The Balaban J connectivity index is 4.44. The molecule has 0 spiro atoms. The van der Waals surface area contributed by atoms with E-state index in [1.807, 2.05) is 0 Å². The van der Waals surface area contributed by atoms with Crippen molar-refractivity contribution in [3.63, 3.8) is 0 Å². The molecule has 0 saturated carbocycles. The van der Waals surface area contributed by atoms with Crippen LogP contribution in [0.1, 0.15) is 40.5 Å². The van der Waals surface area contributed by atoms with Crippen molar-refractivity contribution in [1.82, 2.24) is 0 Å². The summed E-state index contributed by atoms with van der Waals surface area (Å²) in [6, 6.07) is 0. The Hall–Kier alpha value is 0.247. The molecule has 0 aliphatic carbocycles. The fraction of sp³-hybridized carbons (Fsp3) is 0.800. The predicted molar refractivity (Wildman–Crippen MR) is 61.7 cm³/mol. The Bertz CT molecular complexity index is 145. The number of hydrogen-bond acceptors (Lipinski definition) is 0. The lowest BCUT2D eigenvalue weighted by molar-refractivity contribution is 0.639. The van der Waals surface area contributed by atoms with Gasteiger partial charge in [-0.1, -0.05) is 50.9 Å². The highest BCUT2D eigenvalue weighted by Gasteiger charge is 2.10. The Morgan fingerprint density at radius 1 is 1.17 bits per heavy atom. The maximum absolute atomic E-state index is 6.27. The molecule has 0 fully saturated rings. The summed E-state index contributed by atoms with van der Waals surface area (Å²) in [4.78, 5) is 0. The molecule has 0 amide bonds. The van der Waals surface area contributed by atoms with Crippen molar-refractivity contribution in [2.45, 2.75) is 40.5 Å². The molecular weight excluding hydrogens is 184 g/mol. The largest absolute Gasteiger partial charge is 0.0894 e. The van der Waals surface area contributed by atoms with E-state index in [1.54, 1.807) is 0 Å². The number of allylic oxidation sites excluding steroid dienone is 2. The second-order valence-electron chi connectivity index (χ2n) is 3.65. The highest BCUT2D eigenvalue weighted by atomic mass is 35.5. The second-order valence-corrected chi connectivity index (χ2v) is 5.13. The van der Waals surface area contributed by atoms with Crippen LogP contribution in [0.25, 0.3) is 0 Å². The Kier molecular flexibility index (Phi) is 5.94. The number of hydrogen-bond donors (Lipinski definition) is 0. The third kappa shape index (κ3) is 3.32. The van der Waals surface area contributed by atoms with E-state index < -0.39 is 0 Å². The minimum absolute atomic E-state index is 0.563. The van der Waals surface area contributed by atoms with Crippen LogP contribution in [0.3, 0.4) is 0 Å². The molecule has 0 nitrogen and oxygen atoms in total. The third-order valence-corrected chi connectivity index (χ3v) is 5.29. The molecule has 0 aliphatic rings. The van der Waals surface area contributed by atoms with Crippen LogP contribution in [0.5, 0.6) is 0 Å². The number of halogens is 1. The van der Waals surface area contributed by atoms with E-state index in [1.165, 1.54) is 11.6 Å². The average molecular weight is 205 g/mol. The van der Waals surface area contributed by atoms with Crippen molar-refractivity contribution < 1.29 is 0 Å². The molecular formula is C10H21ClSi. The molecule has 0 radical (unpaired) electrons. The summed E-state index contributed by atoms with van der Waals surface area (Å²) in [5.74, 6) is 1.26. The molecule has 0 N–H and O–H groups in total. The second kappa shape index (κ2) is 5.82. The van der Waals surface area contributed by atoms with Gasteiger partial charge in [0.25, 0.3) is 0 Å². The maximum atomic E-state index is 6.27. The Morgan fingerprint density at radius 3 is 1.92 bits per heavy atom. The molecule has 0 aromatic carbocycles. The molecule has 72 valence electrons. The minimum Gasteiger partial charge on any atom is -0.0894 e. The molecule has 0 aromatic rings. The van der Waals surface area contributed by atoms with Crippen LogP contribution in [-0.2, 0) is 0 Å². The fourth-order valence-electron chi connectivity index (χ4n) is 1.11. The van der Waals surface area contributed by atoms with Gasteiger partial charge in [0.1, 0.15) is 0 Å². The van der Waals surface area contributed by atoms with Crippen LogP contribution in [0.2, 0.25) is 0 Å². The summed E-state index contributed by atoms with van der Waals surface area (Å²) in [5.41, 5.74) is 0. The highest BCUT2D eigenvalue weighted by Crippen LogP contribution is 2.25. The first-order valence-electron chi connectivity index (χ1n) is 4.90. The Labute approximate surface area is 84.8 Å². The molecule has 0 saturated heterocycles. The standard InChI is InChI=1S/C10H21ClSi/c1-5-7(3)9(11)10(12)8(4)6-2/h7-8H,5-6H2,1-4,12H3. The van der Waals surface area contributed by atoms with E-state index in [0.717, 1.165) is 21.7 Å². The summed E-state index contributed by atoms with van der Waals surface area (Å²) in [6.45, 7) is 8.90. The van der Waals surface area contributed by atoms with Gasteiger partial charge in [0, 0.05) is 15.3 Å². The monoisotopic (exact) mass is 204 g/mol. The van der Waals surface area contributed by atoms with Gasteiger partial charge in [-0.05, 0) is 18.3 Å². The molecule has 2 atom stereocenters. The lowest BCUT2D eigenvalue weighted by Gasteiger charge is -2.16. The van der Waals surface area contributed by atoms with Gasteiger partial charge in [-0.3, -0.25) is 0 Å². The fourth-order valence-corrected chi connectivity index (χ4v) is 2.35. The zero-order chi connectivity index (χ0) is 9.72. The average Bonchev–Trinajstić information content (AvgIpc) is 2.12. The van der Waals surface area contributed by atoms with Crippen molar-refractivity contribution in [2.24, 2.45) is 11.8 Å². The summed E-state index contributed by atoms with van der Waals surface area (Å²) in [5, 5.41) is 2.65. The van der Waals surface area contributed by atoms with E-state index in [4.69, 9.17) is 11.6 Å². The van der Waals surface area contributed by atoms with E-state index in [2.05, 4.69) is 27.7 Å². The smallest absolute Gasteiger partial charge is 0.0351 e. The molecule has 0 aliphatic heterocycles. The van der Waals surface area contributed by atoms with Crippen LogP contribution in [0.15, 0.2) is 10.2 Å². The van der Waals surface area contributed by atoms with Crippen LogP contribution in [-0.4, -0.2) is 10.2 Å².